The van der Waals surface area contributed by atoms with Crippen LogP contribution in [-0.2, 0) is 4.79 Å². The number of rotatable bonds is 34. The highest BCUT2D eigenvalue weighted by atomic mass is 16.2. The monoisotopic (exact) mass is 551 g/mol. The van der Waals surface area contributed by atoms with Crippen LogP contribution in [0.3, 0.4) is 0 Å². The van der Waals surface area contributed by atoms with Gasteiger partial charge in [0.05, 0.1) is 0 Å². The van der Waals surface area contributed by atoms with Crippen molar-refractivity contribution in [3.05, 3.63) is 0 Å². The van der Waals surface area contributed by atoms with Crippen molar-refractivity contribution < 1.29 is 4.79 Å². The first-order valence-electron chi connectivity index (χ1n) is 18.3. The molecule has 0 aromatic rings. The predicted octanol–water partition coefficient (Wildman–Crippen LogP) is 12.1. The zero-order chi connectivity index (χ0) is 28.3. The summed E-state index contributed by atoms with van der Waals surface area (Å²) in [4.78, 5) is 12.0. The van der Waals surface area contributed by atoms with E-state index >= 15 is 0 Å². The van der Waals surface area contributed by atoms with Gasteiger partial charge in [-0.25, -0.2) is 5.43 Å². The Kier molecular flexibility index (Phi) is 34.9. The van der Waals surface area contributed by atoms with Gasteiger partial charge in [0.15, 0.2) is 0 Å². The molecule has 0 bridgehead atoms. The van der Waals surface area contributed by atoms with E-state index in [0.29, 0.717) is 6.42 Å². The van der Waals surface area contributed by atoms with Gasteiger partial charge in [0.1, 0.15) is 0 Å². The molecule has 0 rings (SSSR count). The number of carbonyl (C=O) groups is 1. The van der Waals surface area contributed by atoms with Crippen molar-refractivity contribution in [2.75, 3.05) is 6.54 Å². The van der Waals surface area contributed by atoms with E-state index in [-0.39, 0.29) is 5.91 Å². The van der Waals surface area contributed by atoms with Crippen molar-refractivity contribution in [1.82, 2.24) is 10.9 Å². The lowest BCUT2D eigenvalue weighted by Gasteiger charge is -2.07. The maximum absolute atomic E-state index is 12.0. The van der Waals surface area contributed by atoms with E-state index in [1.54, 1.807) is 0 Å². The van der Waals surface area contributed by atoms with E-state index in [0.717, 1.165) is 19.4 Å². The molecular formula is C36H74N2O. The van der Waals surface area contributed by atoms with Crippen LogP contribution < -0.4 is 10.9 Å². The quantitative estimate of drug-likeness (QED) is 0.0617. The van der Waals surface area contributed by atoms with Gasteiger partial charge in [0, 0.05) is 13.0 Å². The lowest BCUT2D eigenvalue weighted by atomic mass is 10.0. The Morgan fingerprint density at radius 2 is 0.615 bits per heavy atom. The van der Waals surface area contributed by atoms with Crippen LogP contribution in [0.15, 0.2) is 0 Å². The van der Waals surface area contributed by atoms with Crippen molar-refractivity contribution in [3.8, 4) is 0 Å². The minimum atomic E-state index is 0.168. The maximum atomic E-state index is 12.0. The second kappa shape index (κ2) is 35.5. The topological polar surface area (TPSA) is 41.1 Å². The molecule has 0 aromatic heterocycles. The summed E-state index contributed by atoms with van der Waals surface area (Å²) in [6, 6.07) is 0. The Bertz CT molecular complexity index is 453. The van der Waals surface area contributed by atoms with Crippen LogP contribution in [0.4, 0.5) is 0 Å². The fraction of sp³-hybridized carbons (Fsp3) is 0.972. The Labute approximate surface area is 247 Å². The van der Waals surface area contributed by atoms with E-state index < -0.39 is 0 Å². The summed E-state index contributed by atoms with van der Waals surface area (Å²) in [6.07, 6.45) is 43.5. The van der Waals surface area contributed by atoms with Crippen LogP contribution in [0, 0.1) is 0 Å². The SMILES string of the molecule is CCCCCCCCCCCCCCCCCCNNC(=O)CCCCCCCCCCCCCCCCC. The molecule has 0 saturated heterocycles. The Balaban J connectivity index is 3.14. The van der Waals surface area contributed by atoms with E-state index in [1.165, 1.54) is 186 Å². The van der Waals surface area contributed by atoms with Crippen molar-refractivity contribution in [2.45, 2.75) is 219 Å². The molecular weight excluding hydrogens is 476 g/mol. The van der Waals surface area contributed by atoms with E-state index in [4.69, 9.17) is 0 Å². The molecule has 1 amide bonds. The van der Waals surface area contributed by atoms with Gasteiger partial charge in [-0.05, 0) is 12.8 Å². The average molecular weight is 551 g/mol. The van der Waals surface area contributed by atoms with Gasteiger partial charge in [-0.15, -0.1) is 0 Å². The smallest absolute Gasteiger partial charge is 0.234 e. The number of hydrogen-bond acceptors (Lipinski definition) is 2. The van der Waals surface area contributed by atoms with Gasteiger partial charge in [-0.1, -0.05) is 200 Å². The van der Waals surface area contributed by atoms with Gasteiger partial charge in [-0.3, -0.25) is 10.2 Å². The Morgan fingerprint density at radius 1 is 0.359 bits per heavy atom. The van der Waals surface area contributed by atoms with Gasteiger partial charge >= 0.3 is 0 Å². The predicted molar refractivity (Wildman–Crippen MR) is 175 cm³/mol. The molecule has 0 radical (unpaired) electrons. The summed E-state index contributed by atoms with van der Waals surface area (Å²) in [5.41, 5.74) is 6.03. The summed E-state index contributed by atoms with van der Waals surface area (Å²) in [6.45, 7) is 5.49. The van der Waals surface area contributed by atoms with Crippen molar-refractivity contribution in [2.24, 2.45) is 0 Å². The highest BCUT2D eigenvalue weighted by Crippen LogP contribution is 2.15. The third-order valence-corrected chi connectivity index (χ3v) is 8.39. The van der Waals surface area contributed by atoms with Gasteiger partial charge in [0.25, 0.3) is 0 Å². The molecule has 0 spiro atoms. The molecule has 3 nitrogen and oxygen atoms in total. The molecule has 0 aliphatic carbocycles. The van der Waals surface area contributed by atoms with Crippen LogP contribution in [0.25, 0.3) is 0 Å². The van der Waals surface area contributed by atoms with E-state index in [1.807, 2.05) is 0 Å². The van der Waals surface area contributed by atoms with Gasteiger partial charge in [0.2, 0.25) is 5.91 Å². The van der Waals surface area contributed by atoms with Gasteiger partial charge in [-0.2, -0.15) is 0 Å². The summed E-state index contributed by atoms with van der Waals surface area (Å²) in [5.74, 6) is 0.168. The van der Waals surface area contributed by atoms with E-state index in [9.17, 15) is 4.79 Å². The Morgan fingerprint density at radius 3 is 0.923 bits per heavy atom. The number of hydrazine groups is 1. The maximum Gasteiger partial charge on any atom is 0.234 e. The van der Waals surface area contributed by atoms with Crippen LogP contribution in [0.1, 0.15) is 219 Å². The number of hydrogen-bond donors (Lipinski definition) is 2. The zero-order valence-electron chi connectivity index (χ0n) is 27.2. The first-order valence-corrected chi connectivity index (χ1v) is 18.3. The molecule has 0 atom stereocenters. The molecule has 0 heterocycles. The summed E-state index contributed by atoms with van der Waals surface area (Å²) >= 11 is 0. The second-order valence-electron chi connectivity index (χ2n) is 12.5. The third-order valence-electron chi connectivity index (χ3n) is 8.39. The first kappa shape index (κ1) is 38.4. The summed E-state index contributed by atoms with van der Waals surface area (Å²) < 4.78 is 0. The molecule has 39 heavy (non-hydrogen) atoms. The van der Waals surface area contributed by atoms with Crippen LogP contribution >= 0.6 is 0 Å². The number of nitrogens with one attached hydrogen (secondary N) is 2. The summed E-state index contributed by atoms with van der Waals surface area (Å²) in [5, 5.41) is 0. The van der Waals surface area contributed by atoms with E-state index in [2.05, 4.69) is 24.7 Å². The number of amides is 1. The number of carbonyl (C=O) groups excluding carboxylic acids is 1. The molecule has 0 unspecified atom stereocenters. The molecule has 0 aliphatic rings. The molecule has 0 aliphatic heterocycles. The molecule has 2 N–H and O–H groups in total. The minimum absolute atomic E-state index is 0.168. The van der Waals surface area contributed by atoms with Crippen molar-refractivity contribution in [1.29, 1.82) is 0 Å². The first-order chi connectivity index (χ1) is 19.3. The van der Waals surface area contributed by atoms with Crippen LogP contribution in [0.5, 0.6) is 0 Å². The fourth-order valence-corrected chi connectivity index (χ4v) is 5.64. The second-order valence-corrected chi connectivity index (χ2v) is 12.5. The lowest BCUT2D eigenvalue weighted by molar-refractivity contribution is -0.122. The molecule has 0 fully saturated rings. The van der Waals surface area contributed by atoms with Crippen molar-refractivity contribution in [3.63, 3.8) is 0 Å². The fourth-order valence-electron chi connectivity index (χ4n) is 5.64. The molecule has 0 saturated carbocycles. The largest absolute Gasteiger partial charge is 0.292 e. The highest BCUT2D eigenvalue weighted by Gasteiger charge is 2.01. The highest BCUT2D eigenvalue weighted by molar-refractivity contribution is 5.75. The molecule has 234 valence electrons. The lowest BCUT2D eigenvalue weighted by Crippen LogP contribution is -2.37. The zero-order valence-corrected chi connectivity index (χ0v) is 27.2. The third kappa shape index (κ3) is 35.4. The molecule has 0 aromatic carbocycles. The van der Waals surface area contributed by atoms with Crippen LogP contribution in [-0.4, -0.2) is 12.5 Å². The molecule has 3 heteroatoms. The minimum Gasteiger partial charge on any atom is -0.292 e. The number of unbranched alkanes of at least 4 members (excludes halogenated alkanes) is 29. The standard InChI is InChI=1S/C36H74N2O/c1-3-5-7-9-11-13-15-17-19-21-23-25-27-29-31-33-35-37-38-36(39)34-32-30-28-26-24-22-20-18-16-14-12-10-8-6-4-2/h37H,3-35H2,1-2H3,(H,38,39). The summed E-state index contributed by atoms with van der Waals surface area (Å²) in [7, 11) is 0. The average Bonchev–Trinajstić information content (AvgIpc) is 2.94. The Hall–Kier alpha value is -0.570. The van der Waals surface area contributed by atoms with Crippen LogP contribution in [0.2, 0.25) is 0 Å². The van der Waals surface area contributed by atoms with Gasteiger partial charge < -0.3 is 0 Å². The normalized spacial score (nSPS) is 11.3. The van der Waals surface area contributed by atoms with Crippen molar-refractivity contribution >= 4 is 5.91 Å².